The molecule has 0 unspecified atom stereocenters. The minimum atomic E-state index is -0.471. The van der Waals surface area contributed by atoms with Crippen molar-refractivity contribution in [2.75, 3.05) is 31.0 Å². The maximum Gasteiger partial charge on any atom is 0.358 e. The number of rotatable bonds is 6. The number of nitrogens with zero attached hydrogens (tertiary/aromatic N) is 2. The van der Waals surface area contributed by atoms with Crippen molar-refractivity contribution in [2.24, 2.45) is 0 Å². The van der Waals surface area contributed by atoms with Crippen molar-refractivity contribution in [3.63, 3.8) is 0 Å². The van der Waals surface area contributed by atoms with Gasteiger partial charge in [-0.25, -0.2) is 14.8 Å². The molecule has 16 heavy (non-hydrogen) atoms. The third kappa shape index (κ3) is 4.06. The van der Waals surface area contributed by atoms with Gasteiger partial charge in [0.05, 0.1) is 19.5 Å². The van der Waals surface area contributed by atoms with E-state index >= 15 is 0 Å². The summed E-state index contributed by atoms with van der Waals surface area (Å²) in [7, 11) is 1.32. The highest BCUT2D eigenvalue weighted by atomic mass is 32.2. The molecule has 1 aromatic heterocycles. The molecule has 0 aromatic carbocycles. The molecule has 0 amide bonds. The number of nitrogens with one attached hydrogen (secondary N) is 1. The molecule has 0 bridgehead atoms. The Morgan fingerprint density at radius 1 is 1.50 bits per heavy atom. The number of hydrogen-bond acceptors (Lipinski definition) is 6. The SMILES string of the molecule is COC(=O)c1cnc(NCCCSC)cn1. The van der Waals surface area contributed by atoms with Gasteiger partial charge in [-0.3, -0.25) is 0 Å². The molecule has 1 heterocycles. The first-order chi connectivity index (χ1) is 7.77. The standard InChI is InChI=1S/C10H15N3O2S/c1-15-10(14)8-6-13-9(7-12-8)11-4-3-5-16-2/h6-7H,3-5H2,1-2H3,(H,11,13). The highest BCUT2D eigenvalue weighted by molar-refractivity contribution is 7.98. The largest absolute Gasteiger partial charge is 0.464 e. The van der Waals surface area contributed by atoms with Crippen molar-refractivity contribution in [3.05, 3.63) is 18.1 Å². The molecule has 5 nitrogen and oxygen atoms in total. The highest BCUT2D eigenvalue weighted by Crippen LogP contribution is 2.03. The molecule has 1 rings (SSSR count). The molecule has 0 saturated heterocycles. The minimum absolute atomic E-state index is 0.220. The fourth-order valence-corrected chi connectivity index (χ4v) is 1.50. The second-order valence-corrected chi connectivity index (χ2v) is 4.04. The number of carbonyl (C=O) groups is 1. The molecule has 0 atom stereocenters. The van der Waals surface area contributed by atoms with Gasteiger partial charge in [0.15, 0.2) is 5.69 Å². The fraction of sp³-hybridized carbons (Fsp3) is 0.500. The van der Waals surface area contributed by atoms with Crippen LogP contribution in [0.5, 0.6) is 0 Å². The lowest BCUT2D eigenvalue weighted by Gasteiger charge is -2.04. The first-order valence-electron chi connectivity index (χ1n) is 4.91. The second kappa shape index (κ2) is 7.05. The van der Waals surface area contributed by atoms with Crippen LogP contribution in [0, 0.1) is 0 Å². The predicted octanol–water partition coefficient (Wildman–Crippen LogP) is 1.43. The van der Waals surface area contributed by atoms with E-state index in [1.165, 1.54) is 19.5 Å². The van der Waals surface area contributed by atoms with Crippen LogP contribution in [0.1, 0.15) is 16.9 Å². The summed E-state index contributed by atoms with van der Waals surface area (Å²) in [5, 5.41) is 3.12. The first-order valence-corrected chi connectivity index (χ1v) is 6.30. The molecule has 0 radical (unpaired) electrons. The summed E-state index contributed by atoms with van der Waals surface area (Å²) in [6.45, 7) is 0.854. The fourth-order valence-electron chi connectivity index (χ4n) is 1.06. The average Bonchev–Trinajstić information content (AvgIpc) is 2.34. The Hall–Kier alpha value is -1.30. The molecule has 0 saturated carbocycles. The first kappa shape index (κ1) is 12.8. The van der Waals surface area contributed by atoms with Crippen molar-refractivity contribution in [3.8, 4) is 0 Å². The Labute approximate surface area is 99.0 Å². The van der Waals surface area contributed by atoms with Crippen LogP contribution in [0.4, 0.5) is 5.82 Å². The third-order valence-electron chi connectivity index (χ3n) is 1.88. The Kier molecular flexibility index (Phi) is 5.63. The van der Waals surface area contributed by atoms with Crippen LogP contribution in [-0.4, -0.2) is 41.6 Å². The van der Waals surface area contributed by atoms with E-state index in [9.17, 15) is 4.79 Å². The number of ether oxygens (including phenoxy) is 1. The molecule has 0 spiro atoms. The van der Waals surface area contributed by atoms with Gasteiger partial charge in [0.1, 0.15) is 5.82 Å². The van der Waals surface area contributed by atoms with E-state index in [2.05, 4.69) is 26.3 Å². The Morgan fingerprint density at radius 3 is 2.88 bits per heavy atom. The molecule has 1 N–H and O–H groups in total. The molecule has 0 fully saturated rings. The van der Waals surface area contributed by atoms with Gasteiger partial charge in [-0.05, 0) is 18.4 Å². The van der Waals surface area contributed by atoms with Gasteiger partial charge >= 0.3 is 5.97 Å². The van der Waals surface area contributed by atoms with E-state index in [0.29, 0.717) is 5.82 Å². The maximum absolute atomic E-state index is 11.1. The number of thioether (sulfide) groups is 1. The molecular formula is C10H15N3O2S. The maximum atomic E-state index is 11.1. The van der Waals surface area contributed by atoms with Gasteiger partial charge in [0.2, 0.25) is 0 Å². The number of aromatic nitrogens is 2. The van der Waals surface area contributed by atoms with Crippen molar-refractivity contribution < 1.29 is 9.53 Å². The number of anilines is 1. The number of carbonyl (C=O) groups excluding carboxylic acids is 1. The zero-order valence-electron chi connectivity index (χ0n) is 9.40. The minimum Gasteiger partial charge on any atom is -0.464 e. The lowest BCUT2D eigenvalue weighted by atomic mass is 10.4. The Bertz CT molecular complexity index is 329. The Balaban J connectivity index is 2.42. The Morgan fingerprint density at radius 2 is 2.31 bits per heavy atom. The highest BCUT2D eigenvalue weighted by Gasteiger charge is 2.06. The quantitative estimate of drug-likeness (QED) is 0.600. The van der Waals surface area contributed by atoms with Crippen LogP contribution >= 0.6 is 11.8 Å². The zero-order valence-corrected chi connectivity index (χ0v) is 10.2. The normalized spacial score (nSPS) is 9.88. The van der Waals surface area contributed by atoms with Crippen molar-refractivity contribution in [1.29, 1.82) is 0 Å². The van der Waals surface area contributed by atoms with Crippen molar-refractivity contribution in [1.82, 2.24) is 9.97 Å². The van der Waals surface area contributed by atoms with Gasteiger partial charge in [0, 0.05) is 6.54 Å². The molecule has 0 aliphatic heterocycles. The molecular weight excluding hydrogens is 226 g/mol. The molecule has 1 aromatic rings. The van der Waals surface area contributed by atoms with E-state index in [-0.39, 0.29) is 5.69 Å². The van der Waals surface area contributed by atoms with E-state index < -0.39 is 5.97 Å². The van der Waals surface area contributed by atoms with Crippen LogP contribution in [0.3, 0.4) is 0 Å². The lowest BCUT2D eigenvalue weighted by Crippen LogP contribution is -2.08. The number of hydrogen-bond donors (Lipinski definition) is 1. The monoisotopic (exact) mass is 241 g/mol. The van der Waals surface area contributed by atoms with Crippen LogP contribution in [0.15, 0.2) is 12.4 Å². The van der Waals surface area contributed by atoms with Crippen LogP contribution in [0.25, 0.3) is 0 Å². The summed E-state index contributed by atoms with van der Waals surface area (Å²) in [5.41, 5.74) is 0.220. The van der Waals surface area contributed by atoms with Gasteiger partial charge in [0.25, 0.3) is 0 Å². The van der Waals surface area contributed by atoms with Crippen LogP contribution in [0.2, 0.25) is 0 Å². The van der Waals surface area contributed by atoms with Gasteiger partial charge in [-0.1, -0.05) is 0 Å². The van der Waals surface area contributed by atoms with Gasteiger partial charge < -0.3 is 10.1 Å². The summed E-state index contributed by atoms with van der Waals surface area (Å²) in [4.78, 5) is 19.1. The predicted molar refractivity (Wildman–Crippen MR) is 64.9 cm³/mol. The number of esters is 1. The van der Waals surface area contributed by atoms with E-state index in [1.54, 1.807) is 0 Å². The van der Waals surface area contributed by atoms with Crippen LogP contribution in [-0.2, 0) is 4.74 Å². The molecule has 0 aliphatic rings. The zero-order chi connectivity index (χ0) is 11.8. The average molecular weight is 241 g/mol. The van der Waals surface area contributed by atoms with E-state index in [4.69, 9.17) is 0 Å². The summed E-state index contributed by atoms with van der Waals surface area (Å²) in [6.07, 6.45) is 6.08. The number of methoxy groups -OCH3 is 1. The smallest absolute Gasteiger partial charge is 0.358 e. The van der Waals surface area contributed by atoms with E-state index in [1.807, 2.05) is 11.8 Å². The summed E-state index contributed by atoms with van der Waals surface area (Å²) < 4.78 is 4.52. The van der Waals surface area contributed by atoms with Crippen molar-refractivity contribution >= 4 is 23.5 Å². The van der Waals surface area contributed by atoms with Gasteiger partial charge in [-0.15, -0.1) is 0 Å². The molecule has 0 aliphatic carbocycles. The molecule has 88 valence electrons. The van der Waals surface area contributed by atoms with E-state index in [0.717, 1.165) is 18.7 Å². The van der Waals surface area contributed by atoms with Crippen molar-refractivity contribution in [2.45, 2.75) is 6.42 Å². The second-order valence-electron chi connectivity index (χ2n) is 3.05. The summed E-state index contributed by atoms with van der Waals surface area (Å²) in [5.74, 6) is 1.32. The summed E-state index contributed by atoms with van der Waals surface area (Å²) >= 11 is 1.81. The van der Waals surface area contributed by atoms with Crippen LogP contribution < -0.4 is 5.32 Å². The third-order valence-corrected chi connectivity index (χ3v) is 2.57. The topological polar surface area (TPSA) is 64.1 Å². The lowest BCUT2D eigenvalue weighted by molar-refractivity contribution is 0.0593. The van der Waals surface area contributed by atoms with Gasteiger partial charge in [-0.2, -0.15) is 11.8 Å². The molecule has 6 heteroatoms. The summed E-state index contributed by atoms with van der Waals surface area (Å²) in [6, 6.07) is 0.